The van der Waals surface area contributed by atoms with Gasteiger partial charge in [-0.1, -0.05) is 18.2 Å². The van der Waals surface area contributed by atoms with Crippen molar-refractivity contribution in [2.24, 2.45) is 4.99 Å². The number of rotatable bonds is 8. The van der Waals surface area contributed by atoms with Crippen LogP contribution in [0.15, 0.2) is 40.2 Å². The summed E-state index contributed by atoms with van der Waals surface area (Å²) < 4.78 is 29.7. The highest BCUT2D eigenvalue weighted by molar-refractivity contribution is 7.91. The number of piperidine rings is 1. The molecule has 0 aliphatic carbocycles. The van der Waals surface area contributed by atoms with Crippen LogP contribution in [0.2, 0.25) is 0 Å². The van der Waals surface area contributed by atoms with E-state index in [1.165, 1.54) is 0 Å². The first-order chi connectivity index (χ1) is 14.0. The summed E-state index contributed by atoms with van der Waals surface area (Å²) in [5.74, 6) is 0.747. The van der Waals surface area contributed by atoms with Crippen molar-refractivity contribution >= 4 is 21.9 Å². The summed E-state index contributed by atoms with van der Waals surface area (Å²) >= 11 is 0. The molecule has 0 saturated carbocycles. The standard InChI is InChI=1S/C20H32N4O4S/c1-3-21-19(23-17-11-14-24(15-12-17)20(25)28-4-2)22-13-8-16-29(26,27)18-9-6-5-7-10-18/h5-7,9-10,17H,3-4,8,11-16H2,1-2H3,(H2,21,22,23). The molecule has 0 aromatic heterocycles. The maximum absolute atomic E-state index is 12.3. The third-order valence-corrected chi connectivity index (χ3v) is 6.47. The van der Waals surface area contributed by atoms with E-state index in [1.807, 2.05) is 6.92 Å². The summed E-state index contributed by atoms with van der Waals surface area (Å²) in [4.78, 5) is 18.4. The molecule has 162 valence electrons. The smallest absolute Gasteiger partial charge is 0.409 e. The summed E-state index contributed by atoms with van der Waals surface area (Å²) in [6, 6.07) is 8.71. The Labute approximate surface area is 173 Å². The predicted molar refractivity (Wildman–Crippen MR) is 114 cm³/mol. The number of likely N-dealkylation sites (tertiary alicyclic amines) is 1. The number of ether oxygens (including phenoxy) is 1. The molecular formula is C20H32N4O4S. The van der Waals surface area contributed by atoms with E-state index in [0.717, 1.165) is 19.4 Å². The van der Waals surface area contributed by atoms with Gasteiger partial charge in [-0.25, -0.2) is 13.2 Å². The van der Waals surface area contributed by atoms with Gasteiger partial charge >= 0.3 is 6.09 Å². The van der Waals surface area contributed by atoms with Crippen molar-refractivity contribution in [3.05, 3.63) is 30.3 Å². The quantitative estimate of drug-likeness (QED) is 0.376. The lowest BCUT2D eigenvalue weighted by atomic mass is 10.1. The molecular weight excluding hydrogens is 392 g/mol. The molecule has 0 spiro atoms. The minimum atomic E-state index is -3.28. The van der Waals surface area contributed by atoms with Crippen molar-refractivity contribution < 1.29 is 17.9 Å². The molecule has 0 radical (unpaired) electrons. The molecule has 8 nitrogen and oxygen atoms in total. The van der Waals surface area contributed by atoms with Gasteiger partial charge in [-0.05, 0) is 45.2 Å². The third kappa shape index (κ3) is 7.56. The first-order valence-electron chi connectivity index (χ1n) is 10.2. The first kappa shape index (κ1) is 23.0. The molecule has 0 atom stereocenters. The number of hydrogen-bond donors (Lipinski definition) is 2. The number of hydrogen-bond acceptors (Lipinski definition) is 5. The van der Waals surface area contributed by atoms with Crippen molar-refractivity contribution in [3.63, 3.8) is 0 Å². The fourth-order valence-electron chi connectivity index (χ4n) is 3.13. The van der Waals surface area contributed by atoms with Crippen LogP contribution < -0.4 is 10.6 Å². The van der Waals surface area contributed by atoms with Gasteiger partial charge in [0.2, 0.25) is 0 Å². The van der Waals surface area contributed by atoms with Gasteiger partial charge in [0.1, 0.15) is 0 Å². The predicted octanol–water partition coefficient (Wildman–Crippen LogP) is 2.03. The molecule has 2 N–H and O–H groups in total. The Hall–Kier alpha value is -2.29. The van der Waals surface area contributed by atoms with Crippen LogP contribution in [0.4, 0.5) is 4.79 Å². The Kier molecular flexibility index (Phi) is 9.24. The van der Waals surface area contributed by atoms with Crippen LogP contribution in [0.25, 0.3) is 0 Å². The Morgan fingerprint density at radius 3 is 2.52 bits per heavy atom. The second kappa shape index (κ2) is 11.6. The van der Waals surface area contributed by atoms with E-state index in [2.05, 4.69) is 15.6 Å². The van der Waals surface area contributed by atoms with E-state index in [-0.39, 0.29) is 17.9 Å². The normalized spacial score (nSPS) is 15.8. The number of aliphatic imine (C=N–C) groups is 1. The Morgan fingerprint density at radius 1 is 1.21 bits per heavy atom. The Bertz CT molecular complexity index is 760. The fraction of sp³-hybridized carbons (Fsp3) is 0.600. The van der Waals surface area contributed by atoms with Crippen LogP contribution in [0.3, 0.4) is 0 Å². The molecule has 0 bridgehead atoms. The highest BCUT2D eigenvalue weighted by atomic mass is 32.2. The van der Waals surface area contributed by atoms with Gasteiger partial charge in [0.15, 0.2) is 15.8 Å². The number of nitrogens with one attached hydrogen (secondary N) is 2. The molecule has 2 rings (SSSR count). The highest BCUT2D eigenvalue weighted by Crippen LogP contribution is 2.12. The molecule has 1 aliphatic rings. The monoisotopic (exact) mass is 424 g/mol. The van der Waals surface area contributed by atoms with E-state index < -0.39 is 9.84 Å². The molecule has 29 heavy (non-hydrogen) atoms. The lowest BCUT2D eigenvalue weighted by molar-refractivity contribution is 0.0963. The number of amides is 1. The minimum absolute atomic E-state index is 0.0673. The van der Waals surface area contributed by atoms with E-state index in [0.29, 0.717) is 43.5 Å². The average molecular weight is 425 g/mol. The molecule has 1 fully saturated rings. The maximum Gasteiger partial charge on any atom is 0.409 e. The van der Waals surface area contributed by atoms with Crippen LogP contribution in [0.5, 0.6) is 0 Å². The lowest BCUT2D eigenvalue weighted by Crippen LogP contribution is -2.50. The second-order valence-corrected chi connectivity index (χ2v) is 8.96. The van der Waals surface area contributed by atoms with Crippen LogP contribution in [-0.2, 0) is 14.6 Å². The topological polar surface area (TPSA) is 100 Å². The van der Waals surface area contributed by atoms with Gasteiger partial charge in [0.05, 0.1) is 17.3 Å². The van der Waals surface area contributed by atoms with Crippen molar-refractivity contribution in [1.29, 1.82) is 0 Å². The van der Waals surface area contributed by atoms with Crippen LogP contribution in [0, 0.1) is 0 Å². The third-order valence-electron chi connectivity index (χ3n) is 4.65. The molecule has 0 unspecified atom stereocenters. The molecule has 9 heteroatoms. The SMILES string of the molecule is CCNC(=NCCCS(=O)(=O)c1ccccc1)NC1CCN(C(=O)OCC)CC1. The van der Waals surface area contributed by atoms with Crippen molar-refractivity contribution in [2.45, 2.75) is 44.0 Å². The van der Waals surface area contributed by atoms with Crippen molar-refractivity contribution in [2.75, 3.05) is 38.5 Å². The van der Waals surface area contributed by atoms with Gasteiger partial charge in [0, 0.05) is 32.2 Å². The molecule has 1 amide bonds. The number of nitrogens with zero attached hydrogens (tertiary/aromatic N) is 2. The number of sulfone groups is 1. The first-order valence-corrected chi connectivity index (χ1v) is 11.9. The fourth-order valence-corrected chi connectivity index (χ4v) is 4.44. The Morgan fingerprint density at radius 2 is 1.90 bits per heavy atom. The highest BCUT2D eigenvalue weighted by Gasteiger charge is 2.24. The summed E-state index contributed by atoms with van der Waals surface area (Å²) in [7, 11) is -3.28. The van der Waals surface area contributed by atoms with Gasteiger partial charge < -0.3 is 20.3 Å². The zero-order valence-corrected chi connectivity index (χ0v) is 18.1. The second-order valence-electron chi connectivity index (χ2n) is 6.85. The van der Waals surface area contributed by atoms with Crippen LogP contribution in [0.1, 0.15) is 33.1 Å². The lowest BCUT2D eigenvalue weighted by Gasteiger charge is -2.32. The zero-order chi connectivity index (χ0) is 21.1. The number of benzene rings is 1. The molecule has 1 aromatic carbocycles. The molecule has 1 aliphatic heterocycles. The largest absolute Gasteiger partial charge is 0.450 e. The van der Waals surface area contributed by atoms with E-state index in [4.69, 9.17) is 4.74 Å². The van der Waals surface area contributed by atoms with Gasteiger partial charge in [-0.3, -0.25) is 4.99 Å². The maximum atomic E-state index is 12.3. The van der Waals surface area contributed by atoms with E-state index in [9.17, 15) is 13.2 Å². The number of guanidine groups is 1. The number of carbonyl (C=O) groups excluding carboxylic acids is 1. The average Bonchev–Trinajstić information content (AvgIpc) is 2.72. The molecule has 1 aromatic rings. The number of carbonyl (C=O) groups is 1. The summed E-state index contributed by atoms with van der Waals surface area (Å²) in [5.41, 5.74) is 0. The van der Waals surface area contributed by atoms with Crippen LogP contribution >= 0.6 is 0 Å². The summed E-state index contributed by atoms with van der Waals surface area (Å²) in [5, 5.41) is 6.59. The van der Waals surface area contributed by atoms with Gasteiger partial charge in [0.25, 0.3) is 0 Å². The molecule has 1 heterocycles. The van der Waals surface area contributed by atoms with Crippen molar-refractivity contribution in [1.82, 2.24) is 15.5 Å². The summed E-state index contributed by atoms with van der Waals surface area (Å²) in [6.07, 6.45) is 1.82. The zero-order valence-electron chi connectivity index (χ0n) is 17.3. The molecule has 1 saturated heterocycles. The van der Waals surface area contributed by atoms with Crippen LogP contribution in [-0.4, -0.2) is 70.0 Å². The van der Waals surface area contributed by atoms with Crippen molar-refractivity contribution in [3.8, 4) is 0 Å². The van der Waals surface area contributed by atoms with E-state index in [1.54, 1.807) is 42.2 Å². The summed E-state index contributed by atoms with van der Waals surface area (Å²) in [6.45, 7) is 6.60. The van der Waals surface area contributed by atoms with Gasteiger partial charge in [-0.2, -0.15) is 0 Å². The van der Waals surface area contributed by atoms with E-state index >= 15 is 0 Å². The Balaban J connectivity index is 1.80. The van der Waals surface area contributed by atoms with Gasteiger partial charge in [-0.15, -0.1) is 0 Å². The minimum Gasteiger partial charge on any atom is -0.450 e.